The standard InChI is InChI=1S/C12H19ClN6O/c1-4-18(5-2)11-15-10(13)16-12(17-11)19-7-6-14-9(20)8(19)3/h8H,4-7H2,1-3H3,(H,14,20). The highest BCUT2D eigenvalue weighted by molar-refractivity contribution is 6.28. The lowest BCUT2D eigenvalue weighted by Crippen LogP contribution is -2.54. The third-order valence-electron chi connectivity index (χ3n) is 3.39. The van der Waals surface area contributed by atoms with Crippen molar-refractivity contribution in [2.24, 2.45) is 0 Å². The lowest BCUT2D eigenvalue weighted by molar-refractivity contribution is -0.122. The lowest BCUT2D eigenvalue weighted by atomic mass is 10.2. The van der Waals surface area contributed by atoms with Gasteiger partial charge in [-0.25, -0.2) is 0 Å². The number of rotatable bonds is 4. The molecule has 7 nitrogen and oxygen atoms in total. The van der Waals surface area contributed by atoms with Gasteiger partial charge in [0, 0.05) is 26.2 Å². The summed E-state index contributed by atoms with van der Waals surface area (Å²) in [7, 11) is 0. The van der Waals surface area contributed by atoms with Crippen LogP contribution in [0.5, 0.6) is 0 Å². The Morgan fingerprint density at radius 2 is 2.05 bits per heavy atom. The summed E-state index contributed by atoms with van der Waals surface area (Å²) >= 11 is 6.00. The first-order valence-electron chi connectivity index (χ1n) is 6.77. The summed E-state index contributed by atoms with van der Waals surface area (Å²) in [5.74, 6) is 0.967. The van der Waals surface area contributed by atoms with Gasteiger partial charge in [-0.05, 0) is 32.4 Å². The SMILES string of the molecule is CCN(CC)c1nc(Cl)nc(N2CCNC(=O)C2C)n1. The number of carbonyl (C=O) groups is 1. The minimum atomic E-state index is -0.313. The average Bonchev–Trinajstić information content (AvgIpc) is 2.42. The van der Waals surface area contributed by atoms with Gasteiger partial charge in [0.15, 0.2) is 0 Å². The number of nitrogens with zero attached hydrogens (tertiary/aromatic N) is 5. The van der Waals surface area contributed by atoms with Crippen LogP contribution in [0.25, 0.3) is 0 Å². The fourth-order valence-electron chi connectivity index (χ4n) is 2.16. The van der Waals surface area contributed by atoms with Crippen molar-refractivity contribution >= 4 is 29.4 Å². The summed E-state index contributed by atoms with van der Waals surface area (Å²) in [6.07, 6.45) is 0. The van der Waals surface area contributed by atoms with Gasteiger partial charge in [-0.2, -0.15) is 15.0 Å². The van der Waals surface area contributed by atoms with Crippen LogP contribution in [0.1, 0.15) is 20.8 Å². The molecule has 8 heteroatoms. The van der Waals surface area contributed by atoms with E-state index in [1.54, 1.807) is 0 Å². The number of piperazine rings is 1. The second-order valence-corrected chi connectivity index (χ2v) is 4.88. The van der Waals surface area contributed by atoms with Crippen LogP contribution in [0, 0.1) is 0 Å². The van der Waals surface area contributed by atoms with Crippen molar-refractivity contribution in [3.8, 4) is 0 Å². The number of hydrogen-bond acceptors (Lipinski definition) is 6. The van der Waals surface area contributed by atoms with Crippen LogP contribution in [0.15, 0.2) is 0 Å². The van der Waals surface area contributed by atoms with Gasteiger partial charge in [-0.1, -0.05) is 0 Å². The third kappa shape index (κ3) is 2.92. The minimum Gasteiger partial charge on any atom is -0.353 e. The van der Waals surface area contributed by atoms with Gasteiger partial charge in [0.1, 0.15) is 6.04 Å². The van der Waals surface area contributed by atoms with Crippen molar-refractivity contribution in [2.45, 2.75) is 26.8 Å². The Hall–Kier alpha value is -1.63. The smallest absolute Gasteiger partial charge is 0.242 e. The number of halogens is 1. The van der Waals surface area contributed by atoms with Crippen molar-refractivity contribution in [3.63, 3.8) is 0 Å². The van der Waals surface area contributed by atoms with Crippen molar-refractivity contribution in [1.29, 1.82) is 0 Å². The van der Waals surface area contributed by atoms with Gasteiger partial charge < -0.3 is 15.1 Å². The summed E-state index contributed by atoms with van der Waals surface area (Å²) in [6.45, 7) is 8.68. The average molecular weight is 299 g/mol. The molecule has 1 aliphatic heterocycles. The molecule has 1 fully saturated rings. The minimum absolute atomic E-state index is 0.0304. The van der Waals surface area contributed by atoms with Crippen LogP contribution in [0.3, 0.4) is 0 Å². The Morgan fingerprint density at radius 3 is 2.70 bits per heavy atom. The van der Waals surface area contributed by atoms with Gasteiger partial charge in [0.05, 0.1) is 0 Å². The van der Waals surface area contributed by atoms with Crippen LogP contribution in [0.4, 0.5) is 11.9 Å². The zero-order valence-corrected chi connectivity index (χ0v) is 12.7. The number of hydrogen-bond donors (Lipinski definition) is 1. The molecule has 1 N–H and O–H groups in total. The predicted octanol–water partition coefficient (Wildman–Crippen LogP) is 0.696. The summed E-state index contributed by atoms with van der Waals surface area (Å²) in [4.78, 5) is 28.3. The topological polar surface area (TPSA) is 74.2 Å². The maximum atomic E-state index is 11.7. The highest BCUT2D eigenvalue weighted by atomic mass is 35.5. The zero-order chi connectivity index (χ0) is 14.7. The molecule has 1 unspecified atom stereocenters. The molecule has 1 aromatic heterocycles. The Bertz CT molecular complexity index is 493. The zero-order valence-electron chi connectivity index (χ0n) is 11.9. The molecule has 0 spiro atoms. The van der Waals surface area contributed by atoms with Gasteiger partial charge in [-0.15, -0.1) is 0 Å². The summed E-state index contributed by atoms with van der Waals surface area (Å²) in [6, 6.07) is -0.313. The molecule has 0 bridgehead atoms. The van der Waals surface area contributed by atoms with E-state index in [4.69, 9.17) is 11.6 Å². The van der Waals surface area contributed by atoms with E-state index >= 15 is 0 Å². The highest BCUT2D eigenvalue weighted by Gasteiger charge is 2.28. The van der Waals surface area contributed by atoms with Crippen molar-refractivity contribution in [2.75, 3.05) is 36.0 Å². The molecule has 1 atom stereocenters. The molecule has 0 radical (unpaired) electrons. The van der Waals surface area contributed by atoms with Crippen LogP contribution < -0.4 is 15.1 Å². The molecule has 0 aliphatic carbocycles. The molecule has 110 valence electrons. The van der Waals surface area contributed by atoms with E-state index in [0.717, 1.165) is 13.1 Å². The molecule has 2 heterocycles. The molecular formula is C12H19ClN6O. The Kier molecular flexibility index (Phi) is 4.59. The first-order valence-corrected chi connectivity index (χ1v) is 7.15. The maximum Gasteiger partial charge on any atom is 0.242 e. The molecule has 0 aromatic carbocycles. The Balaban J connectivity index is 2.34. The maximum absolute atomic E-state index is 11.7. The van der Waals surface area contributed by atoms with Gasteiger partial charge in [-0.3, -0.25) is 4.79 Å². The van der Waals surface area contributed by atoms with Gasteiger partial charge in [0.2, 0.25) is 23.1 Å². The normalized spacial score (nSPS) is 18.9. The fourth-order valence-corrected chi connectivity index (χ4v) is 2.31. The van der Waals surface area contributed by atoms with E-state index in [1.807, 2.05) is 30.6 Å². The molecule has 0 saturated carbocycles. The van der Waals surface area contributed by atoms with Crippen molar-refractivity contribution in [1.82, 2.24) is 20.3 Å². The number of anilines is 2. The van der Waals surface area contributed by atoms with E-state index < -0.39 is 0 Å². The monoisotopic (exact) mass is 298 g/mol. The van der Waals surface area contributed by atoms with Crippen LogP contribution in [-0.4, -0.2) is 53.1 Å². The van der Waals surface area contributed by atoms with Crippen molar-refractivity contribution < 1.29 is 4.79 Å². The molecule has 1 aliphatic rings. The largest absolute Gasteiger partial charge is 0.353 e. The number of amides is 1. The Labute approximate surface area is 123 Å². The number of aromatic nitrogens is 3. The third-order valence-corrected chi connectivity index (χ3v) is 3.56. The van der Waals surface area contributed by atoms with E-state index in [1.165, 1.54) is 0 Å². The van der Waals surface area contributed by atoms with Crippen LogP contribution in [-0.2, 0) is 4.79 Å². The molecule has 1 saturated heterocycles. The molecule has 1 aromatic rings. The van der Waals surface area contributed by atoms with Gasteiger partial charge in [0.25, 0.3) is 0 Å². The van der Waals surface area contributed by atoms with Crippen LogP contribution in [0.2, 0.25) is 5.28 Å². The molecule has 20 heavy (non-hydrogen) atoms. The van der Waals surface area contributed by atoms with Crippen LogP contribution >= 0.6 is 11.6 Å². The number of carbonyl (C=O) groups excluding carboxylic acids is 1. The van der Waals surface area contributed by atoms with E-state index in [2.05, 4.69) is 20.3 Å². The number of nitrogens with one attached hydrogen (secondary N) is 1. The second-order valence-electron chi connectivity index (χ2n) is 4.54. The molecule has 2 rings (SSSR count). The summed E-state index contributed by atoms with van der Waals surface area (Å²) < 4.78 is 0. The quantitative estimate of drug-likeness (QED) is 0.882. The first kappa shape index (κ1) is 14.8. The fraction of sp³-hybridized carbons (Fsp3) is 0.667. The highest BCUT2D eigenvalue weighted by Crippen LogP contribution is 2.19. The van der Waals surface area contributed by atoms with E-state index in [-0.39, 0.29) is 17.2 Å². The first-order chi connectivity index (χ1) is 9.56. The predicted molar refractivity (Wildman–Crippen MR) is 78.2 cm³/mol. The van der Waals surface area contributed by atoms with Crippen molar-refractivity contribution in [3.05, 3.63) is 5.28 Å². The summed E-state index contributed by atoms with van der Waals surface area (Å²) in [5.41, 5.74) is 0. The van der Waals surface area contributed by atoms with E-state index in [9.17, 15) is 4.79 Å². The summed E-state index contributed by atoms with van der Waals surface area (Å²) in [5, 5.41) is 2.96. The molecule has 1 amide bonds. The Morgan fingerprint density at radius 1 is 1.35 bits per heavy atom. The van der Waals surface area contributed by atoms with Gasteiger partial charge >= 0.3 is 0 Å². The molecular weight excluding hydrogens is 280 g/mol. The van der Waals surface area contributed by atoms with E-state index in [0.29, 0.717) is 25.0 Å². The second kappa shape index (κ2) is 6.21. The lowest BCUT2D eigenvalue weighted by Gasteiger charge is -2.33.